The highest BCUT2D eigenvalue weighted by Gasteiger charge is 2.49. The topological polar surface area (TPSA) is 83.1 Å². The molecule has 292 valence electrons. The van der Waals surface area contributed by atoms with E-state index in [0.29, 0.717) is 64.0 Å². The summed E-state index contributed by atoms with van der Waals surface area (Å²) >= 11 is 8.92. The Labute approximate surface area is 337 Å². The molecular weight excluding hydrogens is 785 g/mol. The highest BCUT2D eigenvalue weighted by Crippen LogP contribution is 2.58. The van der Waals surface area contributed by atoms with E-state index in [1.165, 1.54) is 10.5 Å². The van der Waals surface area contributed by atoms with Gasteiger partial charge in [0, 0.05) is 20.3 Å². The van der Waals surface area contributed by atoms with Gasteiger partial charge in [-0.15, -0.1) is 46.2 Å². The first-order valence-corrected chi connectivity index (χ1v) is 23.4. The van der Waals surface area contributed by atoms with Crippen LogP contribution in [-0.4, -0.2) is 82.2 Å². The maximum absolute atomic E-state index is 6.57. The lowest BCUT2D eigenvalue weighted by atomic mass is 9.90. The smallest absolute Gasteiger partial charge is 0.181 e. The molecule has 0 radical (unpaired) electrons. The van der Waals surface area contributed by atoms with Crippen LogP contribution in [0, 0.1) is 20.4 Å². The van der Waals surface area contributed by atoms with Crippen LogP contribution in [0.1, 0.15) is 61.3 Å². The highest BCUT2D eigenvalue weighted by atomic mass is 32.2. The van der Waals surface area contributed by atoms with Crippen LogP contribution >= 0.6 is 58.0 Å². The first-order chi connectivity index (χ1) is 26.3. The predicted octanol–water partition coefficient (Wildman–Crippen LogP) is 7.88. The highest BCUT2D eigenvalue weighted by molar-refractivity contribution is 8.13. The van der Waals surface area contributed by atoms with Crippen molar-refractivity contribution in [2.24, 2.45) is 11.3 Å². The number of ether oxygens (including phenoxy) is 9. The van der Waals surface area contributed by atoms with E-state index in [-0.39, 0.29) is 22.9 Å². The molecule has 2 saturated heterocycles. The van der Waals surface area contributed by atoms with E-state index in [0.717, 1.165) is 92.6 Å². The van der Waals surface area contributed by atoms with Crippen molar-refractivity contribution in [3.63, 3.8) is 0 Å². The van der Waals surface area contributed by atoms with Crippen molar-refractivity contribution in [1.82, 2.24) is 0 Å². The molecule has 0 bridgehead atoms. The predicted molar refractivity (Wildman–Crippen MR) is 218 cm³/mol. The van der Waals surface area contributed by atoms with Crippen LogP contribution in [0.25, 0.3) is 9.81 Å². The standard InChI is InChI=1S/C38H42O9S5.C2H6/c1-17(2)28-19-18(7-6-8-39-19)29(48-28)30-20-21(41-10-9-40-20)31(49-30)32-22-23(43-12-11-42-22)33(50-32)34-24-25(45-14-13-44-24)35(51-34)36-26-27(47-16-15-46-26)37(52-36)38(3,4)5;1-2/h17,24-25,28,37H,6-16H2,1-5H3;1-2H3/b30-29+,32-31+,34-33+,36-35+;. The minimum Gasteiger partial charge on any atom is -0.496 e. The molecule has 0 spiro atoms. The van der Waals surface area contributed by atoms with Crippen LogP contribution in [0.3, 0.4) is 0 Å². The Morgan fingerprint density at radius 3 is 1.78 bits per heavy atom. The van der Waals surface area contributed by atoms with Crippen molar-refractivity contribution in [1.29, 1.82) is 0 Å². The molecule has 0 saturated carbocycles. The Hall–Kier alpha value is -2.07. The van der Waals surface area contributed by atoms with E-state index in [1.54, 1.807) is 34.4 Å². The fourth-order valence-electron chi connectivity index (χ4n) is 7.82. The summed E-state index contributed by atoms with van der Waals surface area (Å²) in [6.45, 7) is 20.3. The Morgan fingerprint density at radius 2 is 1.13 bits per heavy atom. The molecule has 10 heterocycles. The van der Waals surface area contributed by atoms with Crippen LogP contribution in [0.2, 0.25) is 0 Å². The zero-order valence-corrected chi connectivity index (χ0v) is 36.0. The summed E-state index contributed by atoms with van der Waals surface area (Å²) < 4.78 is 62.1. The fourth-order valence-corrected chi connectivity index (χ4v) is 15.0. The van der Waals surface area contributed by atoms with Gasteiger partial charge in [0.1, 0.15) is 57.6 Å². The number of thiophene rings is 2. The van der Waals surface area contributed by atoms with Crippen molar-refractivity contribution in [2.45, 2.75) is 84.0 Å². The van der Waals surface area contributed by atoms with Gasteiger partial charge in [0.25, 0.3) is 0 Å². The van der Waals surface area contributed by atoms with Crippen LogP contribution in [-0.2, 0) is 23.7 Å². The van der Waals surface area contributed by atoms with Gasteiger partial charge in [-0.2, -0.15) is 0 Å². The number of rotatable bonds is 1. The van der Waals surface area contributed by atoms with Gasteiger partial charge in [0.15, 0.2) is 34.5 Å². The first-order valence-electron chi connectivity index (χ1n) is 19.2. The van der Waals surface area contributed by atoms with Crippen molar-refractivity contribution < 1.29 is 42.6 Å². The second-order valence-corrected chi connectivity index (χ2v) is 20.5. The lowest BCUT2D eigenvalue weighted by Gasteiger charge is -2.29. The molecule has 8 aliphatic heterocycles. The summed E-state index contributed by atoms with van der Waals surface area (Å²) in [5, 5.41) is 0.448. The molecular formula is C40H48O9S5. The van der Waals surface area contributed by atoms with Crippen molar-refractivity contribution in [3.8, 4) is 23.0 Å². The van der Waals surface area contributed by atoms with Gasteiger partial charge in [0.05, 0.1) is 53.4 Å². The largest absolute Gasteiger partial charge is 0.496 e. The summed E-state index contributed by atoms with van der Waals surface area (Å²) in [6, 6.07) is 0. The second kappa shape index (κ2) is 15.0. The van der Waals surface area contributed by atoms with Crippen LogP contribution in [0.5, 0.6) is 23.0 Å². The lowest BCUT2D eigenvalue weighted by Crippen LogP contribution is -2.37. The summed E-state index contributed by atoms with van der Waals surface area (Å²) in [4.78, 5) is 4.58. The molecule has 14 heteroatoms. The normalized spacial score (nSPS) is 31.3. The average Bonchev–Trinajstić information content (AvgIpc) is 4.01. The Morgan fingerprint density at radius 1 is 0.574 bits per heavy atom. The van der Waals surface area contributed by atoms with Gasteiger partial charge < -0.3 is 42.6 Å². The molecule has 2 aromatic heterocycles. The van der Waals surface area contributed by atoms with Crippen LogP contribution in [0.15, 0.2) is 32.7 Å². The monoisotopic (exact) mass is 832 g/mol. The fraction of sp³-hybridized carbons (Fsp3) is 0.600. The minimum atomic E-state index is -0.271. The molecule has 9 nitrogen and oxygen atoms in total. The SMILES string of the molecule is CC.CC(C)C1S/C(=c2/s/c(=c3/s/c(=C4/S/C(=C5/SC(C(C)(C)C)C6=C5OCCO6)C5OCCOC45)c4c3OCCO4)c3c2OCCO3)C2=C1OCCC2. The van der Waals surface area contributed by atoms with Gasteiger partial charge in [-0.25, -0.2) is 0 Å². The van der Waals surface area contributed by atoms with E-state index in [9.17, 15) is 0 Å². The van der Waals surface area contributed by atoms with Gasteiger partial charge >= 0.3 is 0 Å². The molecule has 4 unspecified atom stereocenters. The average molecular weight is 833 g/mol. The minimum absolute atomic E-state index is 0.0160. The van der Waals surface area contributed by atoms with E-state index in [4.69, 9.17) is 42.6 Å². The quantitative estimate of drug-likeness (QED) is 0.281. The maximum atomic E-state index is 6.57. The van der Waals surface area contributed by atoms with Gasteiger partial charge in [-0.1, -0.05) is 60.2 Å². The third-order valence-electron chi connectivity index (χ3n) is 10.1. The van der Waals surface area contributed by atoms with E-state index in [1.807, 2.05) is 37.4 Å². The summed E-state index contributed by atoms with van der Waals surface area (Å²) in [5.74, 6) is 6.57. The number of hydrogen-bond acceptors (Lipinski definition) is 14. The van der Waals surface area contributed by atoms with Crippen molar-refractivity contribution in [3.05, 3.63) is 50.8 Å². The zero-order chi connectivity index (χ0) is 37.3. The zero-order valence-electron chi connectivity index (χ0n) is 31.9. The molecule has 2 aromatic rings. The maximum Gasteiger partial charge on any atom is 0.181 e. The molecule has 4 atom stereocenters. The molecule has 2 fully saturated rings. The third kappa shape index (κ3) is 6.19. The summed E-state index contributed by atoms with van der Waals surface area (Å²) in [6.07, 6.45) is 1.52. The molecule has 0 amide bonds. The van der Waals surface area contributed by atoms with Gasteiger partial charge in [-0.3, -0.25) is 0 Å². The molecule has 54 heavy (non-hydrogen) atoms. The molecule has 0 N–H and O–H groups in total. The number of hydrogen-bond donors (Lipinski definition) is 0. The van der Waals surface area contributed by atoms with Gasteiger partial charge in [-0.05, 0) is 24.2 Å². The van der Waals surface area contributed by atoms with Crippen molar-refractivity contribution in [2.75, 3.05) is 59.5 Å². The molecule has 0 aliphatic carbocycles. The van der Waals surface area contributed by atoms with E-state index in [2.05, 4.69) is 34.6 Å². The Balaban J connectivity index is 0.00000189. The second-order valence-electron chi connectivity index (χ2n) is 15.1. The number of fused-ring (bicyclic) bond motifs is 3. The van der Waals surface area contributed by atoms with Gasteiger partial charge in [0.2, 0.25) is 0 Å². The molecule has 0 aromatic carbocycles. The van der Waals surface area contributed by atoms with Crippen LogP contribution < -0.4 is 28.0 Å². The summed E-state index contributed by atoms with van der Waals surface area (Å²) in [7, 11) is 0. The van der Waals surface area contributed by atoms with E-state index >= 15 is 0 Å². The summed E-state index contributed by atoms with van der Waals surface area (Å²) in [5.41, 5.74) is 1.31. The Kier molecular flexibility index (Phi) is 10.4. The third-order valence-corrected chi connectivity index (χ3v) is 17.9. The van der Waals surface area contributed by atoms with Crippen LogP contribution in [0.4, 0.5) is 0 Å². The van der Waals surface area contributed by atoms with Crippen molar-refractivity contribution >= 4 is 67.8 Å². The Bertz CT molecular complexity index is 2160. The number of thioether (sulfide) groups is 3. The molecule has 8 aliphatic rings. The molecule has 10 rings (SSSR count). The van der Waals surface area contributed by atoms with E-state index < -0.39 is 0 Å². The lowest BCUT2D eigenvalue weighted by molar-refractivity contribution is -0.0949. The first kappa shape index (κ1) is 37.5.